The number of hydrogen-bond acceptors (Lipinski definition) is 2. The molecule has 0 bridgehead atoms. The molecule has 2 nitrogen and oxygen atoms in total. The minimum atomic E-state index is -1.90. The van der Waals surface area contributed by atoms with E-state index in [2.05, 4.69) is 116 Å². The number of nitrogens with zero attached hydrogens (tertiary/aromatic N) is 1. The zero-order valence-electron chi connectivity index (χ0n) is 19.4. The fourth-order valence-corrected chi connectivity index (χ4v) is 6.69. The van der Waals surface area contributed by atoms with Crippen LogP contribution in [-0.2, 0) is 5.41 Å². The van der Waals surface area contributed by atoms with Crippen molar-refractivity contribution in [3.05, 3.63) is 96.2 Å². The molecule has 5 aromatic rings. The van der Waals surface area contributed by atoms with Crippen LogP contribution in [0.15, 0.2) is 89.5 Å². The summed E-state index contributed by atoms with van der Waals surface area (Å²) in [4.78, 5) is 4.84. The topological polar surface area (TPSA) is 26.0 Å². The van der Waals surface area contributed by atoms with Crippen molar-refractivity contribution >= 4 is 39.6 Å². The summed E-state index contributed by atoms with van der Waals surface area (Å²) in [6.45, 7) is 4.53. The van der Waals surface area contributed by atoms with Gasteiger partial charge < -0.3 is 0 Å². The molecule has 160 valence electrons. The van der Waals surface area contributed by atoms with Crippen LogP contribution >= 0.6 is 0 Å². The van der Waals surface area contributed by atoms with Gasteiger partial charge in [-0.15, -0.1) is 0 Å². The molecule has 3 aromatic carbocycles. The molecule has 0 aliphatic rings. The molecule has 5 rings (SSSR count). The van der Waals surface area contributed by atoms with Gasteiger partial charge in [0.05, 0.1) is 0 Å². The third-order valence-electron chi connectivity index (χ3n) is 6.60. The zero-order chi connectivity index (χ0) is 22.5. The second kappa shape index (κ2) is 7.63. The van der Waals surface area contributed by atoms with Crippen LogP contribution in [0.25, 0.3) is 33.2 Å². The number of fused-ring (bicyclic) bond motifs is 3. The van der Waals surface area contributed by atoms with Crippen molar-refractivity contribution < 1.29 is 4.42 Å². The monoisotopic (exact) mass is 481 g/mol. The molecule has 32 heavy (non-hydrogen) atoms. The summed E-state index contributed by atoms with van der Waals surface area (Å²) < 4.78 is 8.06. The van der Waals surface area contributed by atoms with Crippen LogP contribution in [0, 0.1) is 0 Å². The number of rotatable bonds is 4. The molecule has 0 aliphatic heterocycles. The third kappa shape index (κ3) is 3.47. The normalized spacial score (nSPS) is 12.5. The van der Waals surface area contributed by atoms with Crippen LogP contribution in [0.1, 0.15) is 25.0 Å². The summed E-state index contributed by atoms with van der Waals surface area (Å²) in [5.41, 5.74) is 6.20. The number of aromatic nitrogens is 1. The molecule has 0 atom stereocenters. The molecule has 0 radical (unpaired) electrons. The molecule has 0 spiro atoms. The Labute approximate surface area is 192 Å². The Hall–Kier alpha value is -2.85. The van der Waals surface area contributed by atoms with E-state index in [1.165, 1.54) is 15.5 Å². The van der Waals surface area contributed by atoms with Gasteiger partial charge in [-0.05, 0) is 0 Å². The molecular formula is C29H29GeNO. The van der Waals surface area contributed by atoms with Gasteiger partial charge in [-0.2, -0.15) is 0 Å². The van der Waals surface area contributed by atoms with Crippen molar-refractivity contribution in [2.45, 2.75) is 36.5 Å². The average molecular weight is 480 g/mol. The van der Waals surface area contributed by atoms with E-state index in [4.69, 9.17) is 9.40 Å². The Balaban J connectivity index is 1.71. The fraction of sp³-hybridized carbons (Fsp3) is 0.207. The predicted octanol–water partition coefficient (Wildman–Crippen LogP) is 7.52. The first kappa shape index (κ1) is 21.0. The predicted molar refractivity (Wildman–Crippen MR) is 139 cm³/mol. The van der Waals surface area contributed by atoms with E-state index in [1.54, 1.807) is 0 Å². The van der Waals surface area contributed by atoms with Crippen LogP contribution in [0.3, 0.4) is 0 Å². The Morgan fingerprint density at radius 3 is 2.06 bits per heavy atom. The van der Waals surface area contributed by atoms with Gasteiger partial charge in [-0.3, -0.25) is 0 Å². The van der Waals surface area contributed by atoms with E-state index >= 15 is 0 Å². The molecule has 0 N–H and O–H groups in total. The summed E-state index contributed by atoms with van der Waals surface area (Å²) >= 11 is -1.90. The molecule has 0 saturated heterocycles. The van der Waals surface area contributed by atoms with Crippen LogP contribution in [0.4, 0.5) is 0 Å². The van der Waals surface area contributed by atoms with Gasteiger partial charge in [0.25, 0.3) is 0 Å². The quantitative estimate of drug-likeness (QED) is 0.249. The summed E-state index contributed by atoms with van der Waals surface area (Å²) in [7, 11) is 0. The zero-order valence-corrected chi connectivity index (χ0v) is 21.5. The summed E-state index contributed by atoms with van der Waals surface area (Å²) in [6.07, 6.45) is 2.07. The van der Waals surface area contributed by atoms with Crippen LogP contribution in [0.5, 0.6) is 0 Å². The second-order valence-corrected chi connectivity index (χ2v) is 20.8. The number of furan rings is 1. The van der Waals surface area contributed by atoms with Crippen LogP contribution < -0.4 is 4.40 Å². The Bertz CT molecular complexity index is 1410. The standard InChI is InChI=1S/C29H29GeNO/c1-29(2,20-11-7-6-8-12-20)25-16-10-14-23-22-13-9-15-24(27(22)32-28(23)25)26-18-17-21(19-31-26)30(3,4)5/h6-19H,1-5H3. The van der Waals surface area contributed by atoms with Gasteiger partial charge in [-0.1, -0.05) is 18.2 Å². The first-order chi connectivity index (χ1) is 15.3. The maximum atomic E-state index is 6.65. The number of pyridine rings is 1. The van der Waals surface area contributed by atoms with Gasteiger partial charge in [0.1, 0.15) is 0 Å². The van der Waals surface area contributed by atoms with Gasteiger partial charge in [0.2, 0.25) is 0 Å². The number of para-hydroxylation sites is 2. The Morgan fingerprint density at radius 1 is 0.719 bits per heavy atom. The average Bonchev–Trinajstić information content (AvgIpc) is 3.18. The summed E-state index contributed by atoms with van der Waals surface area (Å²) in [5, 5.41) is 2.30. The fourth-order valence-electron chi connectivity index (χ4n) is 4.52. The van der Waals surface area contributed by atoms with E-state index in [1.807, 2.05) is 0 Å². The third-order valence-corrected chi connectivity index (χ3v) is 10.9. The van der Waals surface area contributed by atoms with E-state index in [0.717, 1.165) is 33.2 Å². The number of hydrogen-bond donors (Lipinski definition) is 0. The van der Waals surface area contributed by atoms with Gasteiger partial charge in [0.15, 0.2) is 0 Å². The molecule has 0 saturated carbocycles. The van der Waals surface area contributed by atoms with E-state index < -0.39 is 13.3 Å². The first-order valence-corrected chi connectivity index (χ1v) is 18.6. The van der Waals surface area contributed by atoms with E-state index in [9.17, 15) is 0 Å². The first-order valence-electron chi connectivity index (χ1n) is 11.2. The molecular weight excluding hydrogens is 451 g/mol. The van der Waals surface area contributed by atoms with Crippen molar-refractivity contribution in [3.8, 4) is 11.3 Å². The second-order valence-electron chi connectivity index (χ2n) is 10.1. The molecule has 3 heteroatoms. The van der Waals surface area contributed by atoms with E-state index in [0.29, 0.717) is 0 Å². The van der Waals surface area contributed by atoms with Crippen LogP contribution in [-0.4, -0.2) is 18.3 Å². The van der Waals surface area contributed by atoms with Gasteiger partial charge >= 0.3 is 175 Å². The summed E-state index contributed by atoms with van der Waals surface area (Å²) in [5.74, 6) is 7.19. The number of benzene rings is 3. The van der Waals surface area contributed by atoms with Crippen molar-refractivity contribution in [1.29, 1.82) is 0 Å². The Kier molecular flexibility index (Phi) is 5.01. The van der Waals surface area contributed by atoms with Crippen LogP contribution in [0.2, 0.25) is 17.3 Å². The SMILES string of the molecule is CC(C)(c1ccccc1)c1cccc2c1oc1c(-c3cc[c]([Ge]([CH3])([CH3])[CH3])cn3)cccc12. The van der Waals surface area contributed by atoms with Crippen molar-refractivity contribution in [2.24, 2.45) is 0 Å². The molecule has 0 amide bonds. The van der Waals surface area contributed by atoms with Gasteiger partial charge in [-0.25, -0.2) is 0 Å². The van der Waals surface area contributed by atoms with Crippen molar-refractivity contribution in [1.82, 2.24) is 4.98 Å². The van der Waals surface area contributed by atoms with Crippen molar-refractivity contribution in [2.75, 3.05) is 0 Å². The summed E-state index contributed by atoms with van der Waals surface area (Å²) in [6, 6.07) is 28.0. The molecule has 2 aromatic heterocycles. The molecule has 0 aliphatic carbocycles. The molecule has 0 fully saturated rings. The molecule has 0 unspecified atom stereocenters. The Morgan fingerprint density at radius 2 is 1.41 bits per heavy atom. The van der Waals surface area contributed by atoms with Gasteiger partial charge in [0, 0.05) is 0 Å². The van der Waals surface area contributed by atoms with Crippen molar-refractivity contribution in [3.63, 3.8) is 0 Å². The van der Waals surface area contributed by atoms with E-state index in [-0.39, 0.29) is 5.41 Å². The minimum absolute atomic E-state index is 0.173. The maximum absolute atomic E-state index is 6.65. The molecule has 2 heterocycles.